The first-order valence-electron chi connectivity index (χ1n) is 5.65. The van der Waals surface area contributed by atoms with Gasteiger partial charge in [-0.1, -0.05) is 0 Å². The van der Waals surface area contributed by atoms with Gasteiger partial charge in [-0.2, -0.15) is 13.2 Å². The third-order valence-corrected chi connectivity index (χ3v) is 3.66. The molecule has 1 aromatic carbocycles. The fourth-order valence-corrected chi connectivity index (χ4v) is 2.56. The number of hydrogen-bond donors (Lipinski definition) is 1. The van der Waals surface area contributed by atoms with Crippen molar-refractivity contribution in [3.05, 3.63) is 52.7 Å². The number of benzene rings is 1. The maximum atomic E-state index is 13.7. The average molecular weight is 316 g/mol. The van der Waals surface area contributed by atoms with Crippen molar-refractivity contribution in [3.8, 4) is 10.4 Å². The zero-order valence-electron chi connectivity index (χ0n) is 10.3. The minimum Gasteiger partial charge on any atom is -0.478 e. The van der Waals surface area contributed by atoms with Crippen LogP contribution in [0.15, 0.2) is 36.4 Å². The van der Waals surface area contributed by atoms with Gasteiger partial charge < -0.3 is 5.11 Å². The molecule has 2 nitrogen and oxygen atoms in total. The van der Waals surface area contributed by atoms with E-state index < -0.39 is 23.5 Å². The molecule has 21 heavy (non-hydrogen) atoms. The Kier molecular flexibility index (Phi) is 4.13. The van der Waals surface area contributed by atoms with Crippen LogP contribution in [0.25, 0.3) is 16.5 Å². The lowest BCUT2D eigenvalue weighted by molar-refractivity contribution is -0.137. The molecule has 0 aliphatic carbocycles. The van der Waals surface area contributed by atoms with Crippen molar-refractivity contribution in [2.24, 2.45) is 0 Å². The van der Waals surface area contributed by atoms with Crippen LogP contribution in [0.4, 0.5) is 17.6 Å². The van der Waals surface area contributed by atoms with Gasteiger partial charge >= 0.3 is 12.1 Å². The van der Waals surface area contributed by atoms with Crippen LogP contribution >= 0.6 is 11.3 Å². The molecular weight excluding hydrogens is 308 g/mol. The number of rotatable bonds is 3. The van der Waals surface area contributed by atoms with E-state index in [1.165, 1.54) is 18.2 Å². The van der Waals surface area contributed by atoms with E-state index in [1.807, 2.05) is 0 Å². The monoisotopic (exact) mass is 316 g/mol. The molecule has 7 heteroatoms. The van der Waals surface area contributed by atoms with Crippen molar-refractivity contribution in [1.82, 2.24) is 0 Å². The van der Waals surface area contributed by atoms with Gasteiger partial charge in [-0.05, 0) is 36.4 Å². The zero-order chi connectivity index (χ0) is 15.6. The molecule has 0 atom stereocenters. The predicted octanol–water partition coefficient (Wildman–Crippen LogP) is 4.67. The lowest BCUT2D eigenvalue weighted by Crippen LogP contribution is -2.05. The highest BCUT2D eigenvalue weighted by atomic mass is 32.1. The molecule has 0 saturated carbocycles. The standard InChI is InChI=1S/C14H8F4O2S/c15-11-4-1-8(14(16,17)18)7-10(11)12-5-2-9(21-12)3-6-13(19)20/h1-7H,(H,19,20). The van der Waals surface area contributed by atoms with Crippen LogP contribution in [-0.4, -0.2) is 11.1 Å². The van der Waals surface area contributed by atoms with Crippen LogP contribution in [0.3, 0.4) is 0 Å². The summed E-state index contributed by atoms with van der Waals surface area (Å²) in [6, 6.07) is 5.15. The first kappa shape index (κ1) is 15.2. The molecule has 0 amide bonds. The van der Waals surface area contributed by atoms with Crippen molar-refractivity contribution < 1.29 is 27.5 Å². The SMILES string of the molecule is O=C(O)C=Cc1ccc(-c2cc(C(F)(F)F)ccc2F)s1. The maximum Gasteiger partial charge on any atom is 0.416 e. The number of thiophene rings is 1. The predicted molar refractivity (Wildman–Crippen MR) is 71.4 cm³/mol. The van der Waals surface area contributed by atoms with Gasteiger partial charge in [0.2, 0.25) is 0 Å². The van der Waals surface area contributed by atoms with Gasteiger partial charge in [0.25, 0.3) is 0 Å². The Hall–Kier alpha value is -2.15. The maximum absolute atomic E-state index is 13.7. The summed E-state index contributed by atoms with van der Waals surface area (Å²) in [4.78, 5) is 11.2. The lowest BCUT2D eigenvalue weighted by atomic mass is 10.1. The van der Waals surface area contributed by atoms with Crippen molar-refractivity contribution in [2.45, 2.75) is 6.18 Å². The second kappa shape index (κ2) is 5.69. The normalized spacial score (nSPS) is 12.0. The van der Waals surface area contributed by atoms with Crippen LogP contribution in [0.2, 0.25) is 0 Å². The number of carbonyl (C=O) groups is 1. The molecule has 0 saturated heterocycles. The second-order valence-corrected chi connectivity index (χ2v) is 5.18. The summed E-state index contributed by atoms with van der Waals surface area (Å²) in [5, 5.41) is 8.50. The molecule has 0 bridgehead atoms. The molecule has 1 aromatic heterocycles. The van der Waals surface area contributed by atoms with Crippen molar-refractivity contribution in [2.75, 3.05) is 0 Å². The van der Waals surface area contributed by atoms with Gasteiger partial charge in [-0.15, -0.1) is 11.3 Å². The molecule has 1 N–H and O–H groups in total. The van der Waals surface area contributed by atoms with Gasteiger partial charge in [0.1, 0.15) is 5.82 Å². The highest BCUT2D eigenvalue weighted by molar-refractivity contribution is 7.16. The summed E-state index contributed by atoms with van der Waals surface area (Å²) in [6.07, 6.45) is -2.36. The van der Waals surface area contributed by atoms with Crippen LogP contribution < -0.4 is 0 Å². The number of carboxylic acid groups (broad SMARTS) is 1. The first-order valence-corrected chi connectivity index (χ1v) is 6.47. The molecular formula is C14H8F4O2S. The fourth-order valence-electron chi connectivity index (χ4n) is 1.63. The summed E-state index contributed by atoms with van der Waals surface area (Å²) < 4.78 is 51.6. The number of aliphatic carboxylic acids is 1. The van der Waals surface area contributed by atoms with Gasteiger partial charge in [0.15, 0.2) is 0 Å². The van der Waals surface area contributed by atoms with Crippen LogP contribution in [0.5, 0.6) is 0 Å². The van der Waals surface area contributed by atoms with Crippen LogP contribution in [0.1, 0.15) is 10.4 Å². The highest BCUT2D eigenvalue weighted by Gasteiger charge is 2.31. The Morgan fingerprint density at radius 2 is 1.90 bits per heavy atom. The van der Waals surface area contributed by atoms with Crippen molar-refractivity contribution in [3.63, 3.8) is 0 Å². The number of carboxylic acids is 1. The van der Waals surface area contributed by atoms with E-state index in [0.717, 1.165) is 29.5 Å². The molecule has 0 spiro atoms. The van der Waals surface area contributed by atoms with Crippen molar-refractivity contribution in [1.29, 1.82) is 0 Å². The van der Waals surface area contributed by atoms with Gasteiger partial charge in [0, 0.05) is 21.4 Å². The van der Waals surface area contributed by atoms with Gasteiger partial charge in [-0.3, -0.25) is 0 Å². The molecule has 0 fully saturated rings. The zero-order valence-corrected chi connectivity index (χ0v) is 11.1. The Morgan fingerprint density at radius 1 is 1.19 bits per heavy atom. The van der Waals surface area contributed by atoms with E-state index >= 15 is 0 Å². The number of alkyl halides is 3. The highest BCUT2D eigenvalue weighted by Crippen LogP contribution is 2.36. The van der Waals surface area contributed by atoms with E-state index in [1.54, 1.807) is 0 Å². The summed E-state index contributed by atoms with van der Waals surface area (Å²) in [5.74, 6) is -1.91. The Bertz CT molecular complexity index is 701. The second-order valence-electron chi connectivity index (χ2n) is 4.07. The summed E-state index contributed by atoms with van der Waals surface area (Å²) in [7, 11) is 0. The third-order valence-electron chi connectivity index (χ3n) is 2.58. The molecule has 2 aromatic rings. The minimum atomic E-state index is -4.55. The van der Waals surface area contributed by atoms with E-state index in [0.29, 0.717) is 15.8 Å². The van der Waals surface area contributed by atoms with Crippen LogP contribution in [-0.2, 0) is 11.0 Å². The number of hydrogen-bond acceptors (Lipinski definition) is 2. The molecule has 0 radical (unpaired) electrons. The first-order chi connectivity index (χ1) is 9.77. The average Bonchev–Trinajstić information content (AvgIpc) is 2.84. The Balaban J connectivity index is 2.40. The smallest absolute Gasteiger partial charge is 0.416 e. The Labute approximate surface area is 121 Å². The van der Waals surface area contributed by atoms with Gasteiger partial charge in [-0.25, -0.2) is 9.18 Å². The van der Waals surface area contributed by atoms with E-state index in [4.69, 9.17) is 5.11 Å². The summed E-state index contributed by atoms with van der Waals surface area (Å²) in [6.45, 7) is 0. The van der Waals surface area contributed by atoms with E-state index in [9.17, 15) is 22.4 Å². The summed E-state index contributed by atoms with van der Waals surface area (Å²) in [5.41, 5.74) is -1.10. The molecule has 0 aliphatic rings. The summed E-state index contributed by atoms with van der Waals surface area (Å²) >= 11 is 1.00. The molecule has 0 aliphatic heterocycles. The van der Waals surface area contributed by atoms with Crippen molar-refractivity contribution >= 4 is 23.4 Å². The Morgan fingerprint density at radius 3 is 2.52 bits per heavy atom. The molecule has 1 heterocycles. The largest absolute Gasteiger partial charge is 0.478 e. The minimum absolute atomic E-state index is 0.162. The van der Waals surface area contributed by atoms with E-state index in [-0.39, 0.29) is 5.56 Å². The quantitative estimate of drug-likeness (QED) is 0.660. The fraction of sp³-hybridized carbons (Fsp3) is 0.0714. The molecule has 110 valence electrons. The topological polar surface area (TPSA) is 37.3 Å². The van der Waals surface area contributed by atoms with Gasteiger partial charge in [0.05, 0.1) is 5.56 Å². The van der Waals surface area contributed by atoms with Crippen LogP contribution in [0, 0.1) is 5.82 Å². The van der Waals surface area contributed by atoms with E-state index in [2.05, 4.69) is 0 Å². The number of halogens is 4. The third kappa shape index (κ3) is 3.69. The lowest BCUT2D eigenvalue weighted by Gasteiger charge is -2.08. The molecule has 2 rings (SSSR count). The molecule has 0 unspecified atom stereocenters.